The van der Waals surface area contributed by atoms with E-state index in [2.05, 4.69) is 28.7 Å². The molecule has 3 nitrogen and oxygen atoms in total. The minimum Gasteiger partial charge on any atom is -0.305 e. The average Bonchev–Trinajstić information content (AvgIpc) is 2.65. The Morgan fingerprint density at radius 2 is 0.862 bits per heavy atom. The molecule has 3 spiro atoms. The average molecular weight is 400 g/mol. The number of likely N-dealkylation sites (tertiary alicyclic amines) is 3. The maximum absolute atomic E-state index is 2.90. The minimum absolute atomic E-state index is 0.727. The topological polar surface area (TPSA) is 9.72 Å². The van der Waals surface area contributed by atoms with Crippen LogP contribution in [0.1, 0.15) is 84.0 Å². The first-order chi connectivity index (χ1) is 14.0. The quantitative estimate of drug-likeness (QED) is 0.671. The molecule has 0 amide bonds. The molecule has 6 fully saturated rings. The molecule has 3 saturated carbocycles. The molecule has 3 saturated heterocycles. The van der Waals surface area contributed by atoms with E-state index < -0.39 is 0 Å². The summed E-state index contributed by atoms with van der Waals surface area (Å²) < 4.78 is 0. The highest BCUT2D eigenvalue weighted by molar-refractivity contribution is 5.06. The summed E-state index contributed by atoms with van der Waals surface area (Å²) in [6, 6.07) is 1.86. The van der Waals surface area contributed by atoms with Gasteiger partial charge in [0.2, 0.25) is 0 Å². The van der Waals surface area contributed by atoms with Crippen molar-refractivity contribution in [1.82, 2.24) is 14.7 Å². The molecule has 164 valence electrons. The Kier molecular flexibility index (Phi) is 4.68. The SMILES string of the molecule is CC1CCC2(CC1)CN(C1CCC3(CC1)CN(C1CCC4(CC1)CN(C)C4)C3)C2. The van der Waals surface area contributed by atoms with E-state index in [4.69, 9.17) is 0 Å². The molecular formula is C26H45N3. The lowest BCUT2D eigenvalue weighted by atomic mass is 9.62. The zero-order chi connectivity index (χ0) is 19.7. The van der Waals surface area contributed by atoms with Crippen molar-refractivity contribution >= 4 is 0 Å². The van der Waals surface area contributed by atoms with E-state index in [0.717, 1.165) is 34.2 Å². The Hall–Kier alpha value is -0.120. The molecule has 0 aromatic heterocycles. The molecule has 3 heterocycles. The van der Waals surface area contributed by atoms with Crippen LogP contribution in [0.25, 0.3) is 0 Å². The number of hydrogen-bond donors (Lipinski definition) is 0. The predicted molar refractivity (Wildman–Crippen MR) is 120 cm³/mol. The van der Waals surface area contributed by atoms with Gasteiger partial charge in [0.15, 0.2) is 0 Å². The van der Waals surface area contributed by atoms with E-state index in [0.29, 0.717) is 0 Å². The number of hydrogen-bond acceptors (Lipinski definition) is 3. The summed E-state index contributed by atoms with van der Waals surface area (Å²) in [4.78, 5) is 8.32. The molecule has 0 atom stereocenters. The van der Waals surface area contributed by atoms with Gasteiger partial charge in [-0.3, -0.25) is 9.80 Å². The highest BCUT2D eigenvalue weighted by atomic mass is 15.3. The Labute approximate surface area is 179 Å². The minimum atomic E-state index is 0.727. The fourth-order valence-electron chi connectivity index (χ4n) is 8.73. The predicted octanol–water partition coefficient (Wildman–Crippen LogP) is 4.62. The van der Waals surface area contributed by atoms with Crippen molar-refractivity contribution in [3.05, 3.63) is 0 Å². The second-order valence-corrected chi connectivity index (χ2v) is 13.1. The van der Waals surface area contributed by atoms with Crippen molar-refractivity contribution in [2.75, 3.05) is 46.3 Å². The van der Waals surface area contributed by atoms with Crippen LogP contribution in [0.5, 0.6) is 0 Å². The van der Waals surface area contributed by atoms with Crippen LogP contribution in [0.2, 0.25) is 0 Å². The summed E-state index contributed by atoms with van der Waals surface area (Å²) >= 11 is 0. The lowest BCUT2D eigenvalue weighted by Crippen LogP contribution is -2.65. The van der Waals surface area contributed by atoms with Crippen LogP contribution in [0.15, 0.2) is 0 Å². The summed E-state index contributed by atoms with van der Waals surface area (Å²) in [6.45, 7) is 11.0. The van der Waals surface area contributed by atoms with E-state index in [1.165, 1.54) is 116 Å². The standard InChI is InChI=1S/C26H45N3/c1-21-3-9-25(10-4-21)17-28(18-25)23-7-13-26(14-8-23)19-29(20-26)22-5-11-24(12-6-22)15-27(2)16-24/h21-23H,3-20H2,1-2H3. The zero-order valence-corrected chi connectivity index (χ0v) is 19.3. The molecular weight excluding hydrogens is 354 g/mol. The second-order valence-electron chi connectivity index (χ2n) is 13.1. The fourth-order valence-corrected chi connectivity index (χ4v) is 8.73. The second kappa shape index (κ2) is 6.94. The Bertz CT molecular complexity index is 581. The van der Waals surface area contributed by atoms with Gasteiger partial charge in [-0.2, -0.15) is 0 Å². The first-order valence-corrected chi connectivity index (χ1v) is 13.1. The molecule has 0 bridgehead atoms. The molecule has 3 heteroatoms. The Morgan fingerprint density at radius 3 is 1.24 bits per heavy atom. The van der Waals surface area contributed by atoms with Gasteiger partial charge in [0.05, 0.1) is 0 Å². The summed E-state index contributed by atoms with van der Waals surface area (Å²) in [5, 5.41) is 0. The third-order valence-corrected chi connectivity index (χ3v) is 10.8. The zero-order valence-electron chi connectivity index (χ0n) is 19.3. The first-order valence-electron chi connectivity index (χ1n) is 13.1. The third-order valence-electron chi connectivity index (χ3n) is 10.8. The van der Waals surface area contributed by atoms with E-state index in [-0.39, 0.29) is 0 Å². The highest BCUT2D eigenvalue weighted by Crippen LogP contribution is 2.52. The van der Waals surface area contributed by atoms with Crippen LogP contribution >= 0.6 is 0 Å². The molecule has 3 aliphatic carbocycles. The lowest BCUT2D eigenvalue weighted by Gasteiger charge is -2.61. The molecule has 3 aliphatic heterocycles. The molecule has 0 aromatic carbocycles. The molecule has 0 aromatic rings. The van der Waals surface area contributed by atoms with Gasteiger partial charge in [-0.15, -0.1) is 0 Å². The molecule has 0 N–H and O–H groups in total. The van der Waals surface area contributed by atoms with Gasteiger partial charge in [-0.1, -0.05) is 19.8 Å². The van der Waals surface area contributed by atoms with Crippen LogP contribution in [-0.4, -0.2) is 73.1 Å². The van der Waals surface area contributed by atoms with Crippen LogP contribution in [0.3, 0.4) is 0 Å². The van der Waals surface area contributed by atoms with Crippen molar-refractivity contribution < 1.29 is 0 Å². The smallest absolute Gasteiger partial charge is 0.00961 e. The van der Waals surface area contributed by atoms with E-state index in [1.54, 1.807) is 0 Å². The summed E-state index contributed by atoms with van der Waals surface area (Å²) in [7, 11) is 2.29. The van der Waals surface area contributed by atoms with Crippen molar-refractivity contribution in [3.8, 4) is 0 Å². The summed E-state index contributed by atoms with van der Waals surface area (Å²) in [5.74, 6) is 0.996. The van der Waals surface area contributed by atoms with E-state index in [1.807, 2.05) is 0 Å². The number of rotatable bonds is 2. The van der Waals surface area contributed by atoms with Crippen molar-refractivity contribution in [1.29, 1.82) is 0 Å². The maximum atomic E-state index is 2.90. The molecule has 6 rings (SSSR count). The van der Waals surface area contributed by atoms with Gasteiger partial charge in [0.25, 0.3) is 0 Å². The molecule has 29 heavy (non-hydrogen) atoms. The summed E-state index contributed by atoms with van der Waals surface area (Å²) in [5.41, 5.74) is 2.21. The first kappa shape index (κ1) is 19.6. The van der Waals surface area contributed by atoms with Gasteiger partial charge in [0, 0.05) is 51.4 Å². The van der Waals surface area contributed by atoms with Crippen LogP contribution < -0.4 is 0 Å². The van der Waals surface area contributed by atoms with Crippen molar-refractivity contribution in [2.45, 2.75) is 96.1 Å². The van der Waals surface area contributed by atoms with Gasteiger partial charge in [-0.25, -0.2) is 0 Å². The molecule has 0 radical (unpaired) electrons. The van der Waals surface area contributed by atoms with Crippen molar-refractivity contribution in [3.63, 3.8) is 0 Å². The van der Waals surface area contributed by atoms with Gasteiger partial charge < -0.3 is 4.90 Å². The molecule has 0 unspecified atom stereocenters. The maximum Gasteiger partial charge on any atom is 0.00961 e. The Balaban J connectivity index is 0.934. The van der Waals surface area contributed by atoms with Gasteiger partial charge in [0.1, 0.15) is 0 Å². The van der Waals surface area contributed by atoms with Crippen molar-refractivity contribution in [2.24, 2.45) is 22.2 Å². The van der Waals surface area contributed by atoms with Crippen LogP contribution in [0.4, 0.5) is 0 Å². The largest absolute Gasteiger partial charge is 0.305 e. The van der Waals surface area contributed by atoms with Gasteiger partial charge in [-0.05, 0) is 93.4 Å². The Morgan fingerprint density at radius 1 is 0.517 bits per heavy atom. The van der Waals surface area contributed by atoms with E-state index in [9.17, 15) is 0 Å². The van der Waals surface area contributed by atoms with Crippen LogP contribution in [0, 0.1) is 22.2 Å². The lowest BCUT2D eigenvalue weighted by molar-refractivity contribution is -0.115. The normalized spacial score (nSPS) is 39.9. The van der Waals surface area contributed by atoms with E-state index >= 15 is 0 Å². The monoisotopic (exact) mass is 399 g/mol. The number of nitrogens with zero attached hydrogens (tertiary/aromatic N) is 3. The van der Waals surface area contributed by atoms with Crippen LogP contribution in [-0.2, 0) is 0 Å². The van der Waals surface area contributed by atoms with Gasteiger partial charge >= 0.3 is 0 Å². The highest BCUT2D eigenvalue weighted by Gasteiger charge is 2.52. The fraction of sp³-hybridized carbons (Fsp3) is 1.00. The third kappa shape index (κ3) is 3.42. The summed E-state index contributed by atoms with van der Waals surface area (Å²) in [6.07, 6.45) is 18.1. The molecule has 6 aliphatic rings.